The Bertz CT molecular complexity index is 935. The molecule has 0 saturated heterocycles. The highest BCUT2D eigenvalue weighted by Crippen LogP contribution is 2.28. The summed E-state index contributed by atoms with van der Waals surface area (Å²) in [6.07, 6.45) is 0. The Balaban J connectivity index is 1.72. The molecule has 3 rings (SSSR count). The minimum absolute atomic E-state index is 0.0978. The molecule has 2 amide bonds. The standard InChI is InChI=1S/C19H18N4O2S/c1-12(24)20-15-8-6-14(7-9-15)18-11-26-19(23-18)22-17-5-3-4-16(10-17)21-13(2)25/h3-11H,1-2H3,(H,20,24)(H,21,25)(H,22,23). The highest BCUT2D eigenvalue weighted by Gasteiger charge is 2.06. The number of hydrogen-bond donors (Lipinski definition) is 3. The molecule has 1 aromatic heterocycles. The average Bonchev–Trinajstić information content (AvgIpc) is 3.03. The molecule has 0 bridgehead atoms. The number of carbonyl (C=O) groups excluding carboxylic acids is 2. The first-order valence-electron chi connectivity index (χ1n) is 7.98. The van der Waals surface area contributed by atoms with Crippen molar-refractivity contribution in [2.45, 2.75) is 13.8 Å². The SMILES string of the molecule is CC(=O)Nc1ccc(-c2csc(Nc3cccc(NC(C)=O)c3)n2)cc1. The zero-order valence-corrected chi connectivity index (χ0v) is 15.2. The normalized spacial score (nSPS) is 10.2. The van der Waals surface area contributed by atoms with E-state index >= 15 is 0 Å². The Morgan fingerprint density at radius 1 is 0.885 bits per heavy atom. The Morgan fingerprint density at radius 3 is 2.23 bits per heavy atom. The Labute approximate surface area is 155 Å². The molecular weight excluding hydrogens is 348 g/mol. The van der Waals surface area contributed by atoms with Crippen molar-refractivity contribution >= 4 is 45.3 Å². The lowest BCUT2D eigenvalue weighted by Gasteiger charge is -2.06. The summed E-state index contributed by atoms with van der Waals surface area (Å²) in [5, 5.41) is 11.5. The third-order valence-corrected chi connectivity index (χ3v) is 4.20. The molecule has 26 heavy (non-hydrogen) atoms. The van der Waals surface area contributed by atoms with Gasteiger partial charge in [0.2, 0.25) is 11.8 Å². The molecule has 0 radical (unpaired) electrons. The molecule has 0 aliphatic rings. The largest absolute Gasteiger partial charge is 0.331 e. The maximum atomic E-state index is 11.2. The fourth-order valence-electron chi connectivity index (χ4n) is 2.39. The smallest absolute Gasteiger partial charge is 0.221 e. The van der Waals surface area contributed by atoms with Crippen molar-refractivity contribution < 1.29 is 9.59 Å². The van der Waals surface area contributed by atoms with Crippen LogP contribution in [0, 0.1) is 0 Å². The van der Waals surface area contributed by atoms with E-state index in [-0.39, 0.29) is 11.8 Å². The number of anilines is 4. The monoisotopic (exact) mass is 366 g/mol. The summed E-state index contributed by atoms with van der Waals surface area (Å²) in [6, 6.07) is 15.0. The first-order chi connectivity index (χ1) is 12.5. The fourth-order valence-corrected chi connectivity index (χ4v) is 3.13. The van der Waals surface area contributed by atoms with Crippen molar-refractivity contribution in [1.29, 1.82) is 0 Å². The molecule has 0 unspecified atom stereocenters. The molecule has 3 aromatic rings. The minimum atomic E-state index is -0.110. The molecule has 0 aliphatic carbocycles. The number of carbonyl (C=O) groups is 2. The summed E-state index contributed by atoms with van der Waals surface area (Å²) in [7, 11) is 0. The summed E-state index contributed by atoms with van der Waals surface area (Å²) in [5.74, 6) is -0.208. The fraction of sp³-hybridized carbons (Fsp3) is 0.105. The Hall–Kier alpha value is -3.19. The van der Waals surface area contributed by atoms with Crippen LogP contribution in [0.4, 0.5) is 22.2 Å². The molecular formula is C19H18N4O2S. The zero-order valence-electron chi connectivity index (χ0n) is 14.4. The van der Waals surface area contributed by atoms with Crippen molar-refractivity contribution in [3.05, 3.63) is 53.9 Å². The van der Waals surface area contributed by atoms with Gasteiger partial charge in [-0.25, -0.2) is 4.98 Å². The number of thiazole rings is 1. The Morgan fingerprint density at radius 2 is 1.54 bits per heavy atom. The van der Waals surface area contributed by atoms with E-state index in [0.717, 1.165) is 33.5 Å². The van der Waals surface area contributed by atoms with Crippen LogP contribution in [-0.4, -0.2) is 16.8 Å². The summed E-state index contributed by atoms with van der Waals surface area (Å²) < 4.78 is 0. The van der Waals surface area contributed by atoms with Crippen LogP contribution in [0.2, 0.25) is 0 Å². The topological polar surface area (TPSA) is 83.1 Å². The van der Waals surface area contributed by atoms with Crippen LogP contribution >= 0.6 is 11.3 Å². The van der Waals surface area contributed by atoms with Crippen LogP contribution in [0.25, 0.3) is 11.3 Å². The molecule has 0 atom stereocenters. The van der Waals surface area contributed by atoms with Gasteiger partial charge >= 0.3 is 0 Å². The van der Waals surface area contributed by atoms with Crippen molar-refractivity contribution in [3.8, 4) is 11.3 Å². The van der Waals surface area contributed by atoms with Gasteiger partial charge in [0.15, 0.2) is 5.13 Å². The van der Waals surface area contributed by atoms with Crippen LogP contribution in [-0.2, 0) is 9.59 Å². The summed E-state index contributed by atoms with van der Waals surface area (Å²) >= 11 is 1.49. The highest BCUT2D eigenvalue weighted by atomic mass is 32.1. The lowest BCUT2D eigenvalue weighted by Crippen LogP contribution is -2.05. The molecule has 0 fully saturated rings. The number of hydrogen-bond acceptors (Lipinski definition) is 5. The second-order valence-corrected chi connectivity index (χ2v) is 6.54. The maximum absolute atomic E-state index is 11.2. The van der Waals surface area contributed by atoms with Crippen molar-refractivity contribution in [2.75, 3.05) is 16.0 Å². The number of nitrogens with one attached hydrogen (secondary N) is 3. The molecule has 7 heteroatoms. The second kappa shape index (κ2) is 7.79. The van der Waals surface area contributed by atoms with Gasteiger partial charge in [-0.1, -0.05) is 18.2 Å². The Kier molecular flexibility index (Phi) is 5.28. The van der Waals surface area contributed by atoms with Crippen LogP contribution < -0.4 is 16.0 Å². The van der Waals surface area contributed by atoms with E-state index in [1.807, 2.05) is 53.9 Å². The van der Waals surface area contributed by atoms with Gasteiger partial charge in [-0.3, -0.25) is 9.59 Å². The molecule has 2 aromatic carbocycles. The molecule has 132 valence electrons. The van der Waals surface area contributed by atoms with E-state index in [1.165, 1.54) is 25.2 Å². The minimum Gasteiger partial charge on any atom is -0.331 e. The molecule has 0 spiro atoms. The lowest BCUT2D eigenvalue weighted by molar-refractivity contribution is -0.115. The van der Waals surface area contributed by atoms with Crippen LogP contribution in [0.1, 0.15) is 13.8 Å². The van der Waals surface area contributed by atoms with Gasteiger partial charge in [0.05, 0.1) is 5.69 Å². The van der Waals surface area contributed by atoms with Crippen molar-refractivity contribution in [2.24, 2.45) is 0 Å². The van der Waals surface area contributed by atoms with Gasteiger partial charge in [0.25, 0.3) is 0 Å². The molecule has 6 nitrogen and oxygen atoms in total. The number of rotatable bonds is 5. The predicted octanol–water partition coefficient (Wildman–Crippen LogP) is 4.47. The number of aromatic nitrogens is 1. The van der Waals surface area contributed by atoms with Crippen LogP contribution in [0.15, 0.2) is 53.9 Å². The molecule has 1 heterocycles. The lowest BCUT2D eigenvalue weighted by atomic mass is 10.1. The predicted molar refractivity (Wildman–Crippen MR) is 106 cm³/mol. The second-order valence-electron chi connectivity index (χ2n) is 5.68. The van der Waals surface area contributed by atoms with Crippen LogP contribution in [0.5, 0.6) is 0 Å². The van der Waals surface area contributed by atoms with Gasteiger partial charge in [0, 0.05) is 41.9 Å². The highest BCUT2D eigenvalue weighted by molar-refractivity contribution is 7.14. The van der Waals surface area contributed by atoms with Gasteiger partial charge in [-0.05, 0) is 30.3 Å². The van der Waals surface area contributed by atoms with E-state index in [4.69, 9.17) is 0 Å². The van der Waals surface area contributed by atoms with E-state index < -0.39 is 0 Å². The van der Waals surface area contributed by atoms with E-state index in [1.54, 1.807) is 0 Å². The summed E-state index contributed by atoms with van der Waals surface area (Å²) in [4.78, 5) is 26.8. The van der Waals surface area contributed by atoms with Gasteiger partial charge in [-0.2, -0.15) is 0 Å². The van der Waals surface area contributed by atoms with E-state index in [9.17, 15) is 9.59 Å². The number of amides is 2. The first kappa shape index (κ1) is 17.6. The number of benzene rings is 2. The molecule has 0 aliphatic heterocycles. The van der Waals surface area contributed by atoms with E-state index in [2.05, 4.69) is 20.9 Å². The summed E-state index contributed by atoms with van der Waals surface area (Å²) in [6.45, 7) is 2.96. The van der Waals surface area contributed by atoms with Gasteiger partial charge < -0.3 is 16.0 Å². The third-order valence-electron chi connectivity index (χ3n) is 3.44. The molecule has 3 N–H and O–H groups in total. The van der Waals surface area contributed by atoms with Crippen molar-refractivity contribution in [3.63, 3.8) is 0 Å². The van der Waals surface area contributed by atoms with Gasteiger partial charge in [0.1, 0.15) is 0 Å². The zero-order chi connectivity index (χ0) is 18.5. The maximum Gasteiger partial charge on any atom is 0.221 e. The van der Waals surface area contributed by atoms with Crippen molar-refractivity contribution in [1.82, 2.24) is 4.98 Å². The van der Waals surface area contributed by atoms with Crippen LogP contribution in [0.3, 0.4) is 0 Å². The summed E-state index contributed by atoms with van der Waals surface area (Å²) in [5.41, 5.74) is 4.15. The van der Waals surface area contributed by atoms with E-state index in [0.29, 0.717) is 0 Å². The quantitative estimate of drug-likeness (QED) is 0.622. The number of nitrogens with zero attached hydrogens (tertiary/aromatic N) is 1. The average molecular weight is 366 g/mol. The molecule has 0 saturated carbocycles. The third kappa shape index (κ3) is 4.67. The van der Waals surface area contributed by atoms with Gasteiger partial charge in [-0.15, -0.1) is 11.3 Å². The first-order valence-corrected chi connectivity index (χ1v) is 8.86.